The average Bonchev–Trinajstić information content (AvgIpc) is 3.06. The average molecular weight is 559 g/mol. The van der Waals surface area contributed by atoms with Crippen molar-refractivity contribution in [3.05, 3.63) is 11.1 Å². The van der Waals surface area contributed by atoms with Gasteiger partial charge in [-0.05, 0) is 53.9 Å². The van der Waals surface area contributed by atoms with Gasteiger partial charge in [0.1, 0.15) is 24.4 Å². The van der Waals surface area contributed by atoms with Gasteiger partial charge in [0.25, 0.3) is 0 Å². The Labute approximate surface area is 228 Å². The highest BCUT2D eigenvalue weighted by atomic mass is 16.7. The lowest BCUT2D eigenvalue weighted by atomic mass is 9.97. The van der Waals surface area contributed by atoms with Crippen LogP contribution in [0.3, 0.4) is 0 Å². The maximum atomic E-state index is 12.4. The molecule has 39 heavy (non-hydrogen) atoms. The summed E-state index contributed by atoms with van der Waals surface area (Å²) in [6, 6.07) is -1.02. The minimum absolute atomic E-state index is 0.0355. The van der Waals surface area contributed by atoms with E-state index in [0.29, 0.717) is 19.4 Å². The minimum atomic E-state index is -1.39. The van der Waals surface area contributed by atoms with Gasteiger partial charge in [-0.2, -0.15) is 0 Å². The standard InChI is InChI=1S/C26H42N2O11/c1-14-16(23(35)39-22(14)34)7-8-18(31)28-25(3,4)9-12-37-26(5,6)10-11-36-24-19(27-15(2)30)21(33)20(32)17(13-29)38-24/h17,19-21,24,29,32-33H,7-13H2,1-6H3,(H,27,30)(H,28,31)/t17-,19-,20+,21-,24?/m1/s1. The topological polar surface area (TPSA) is 190 Å². The number of amides is 2. The van der Waals surface area contributed by atoms with Crippen molar-refractivity contribution in [2.45, 2.75) is 109 Å². The Morgan fingerprint density at radius 3 is 2.26 bits per heavy atom. The van der Waals surface area contributed by atoms with E-state index in [4.69, 9.17) is 14.2 Å². The third kappa shape index (κ3) is 9.62. The monoisotopic (exact) mass is 558 g/mol. The molecule has 222 valence electrons. The minimum Gasteiger partial charge on any atom is -0.394 e. The fourth-order valence-electron chi connectivity index (χ4n) is 4.22. The van der Waals surface area contributed by atoms with Crippen LogP contribution in [0.2, 0.25) is 0 Å². The SMILES string of the molecule is CC(=O)N[C@H]1C(OCCC(C)(C)OCCC(C)(C)NC(=O)CCC2=C(C)C(=O)OC2=O)O[C@H](CO)[C@H](O)[C@@H]1O. The van der Waals surface area contributed by atoms with Crippen LogP contribution in [0.25, 0.3) is 0 Å². The molecule has 0 bridgehead atoms. The molecule has 0 aromatic carbocycles. The van der Waals surface area contributed by atoms with Crippen molar-refractivity contribution in [3.8, 4) is 0 Å². The first kappa shape index (κ1) is 32.8. The smallest absolute Gasteiger partial charge is 0.342 e. The molecule has 5 N–H and O–H groups in total. The number of aliphatic hydroxyl groups excluding tert-OH is 3. The maximum absolute atomic E-state index is 12.4. The Bertz CT molecular complexity index is 946. The second-order valence-corrected chi connectivity index (χ2v) is 11.1. The van der Waals surface area contributed by atoms with Gasteiger partial charge in [-0.1, -0.05) is 0 Å². The first-order valence-corrected chi connectivity index (χ1v) is 13.0. The molecule has 1 fully saturated rings. The Morgan fingerprint density at radius 1 is 1.03 bits per heavy atom. The number of cyclic esters (lactones) is 2. The Kier molecular flexibility index (Phi) is 11.6. The van der Waals surface area contributed by atoms with Crippen LogP contribution in [0.5, 0.6) is 0 Å². The highest BCUT2D eigenvalue weighted by Crippen LogP contribution is 2.25. The van der Waals surface area contributed by atoms with E-state index in [2.05, 4.69) is 15.4 Å². The van der Waals surface area contributed by atoms with Crippen LogP contribution in [0.4, 0.5) is 0 Å². The Balaban J connectivity index is 1.78. The summed E-state index contributed by atoms with van der Waals surface area (Å²) in [5.41, 5.74) is -0.780. The number of nitrogens with one attached hydrogen (secondary N) is 2. The summed E-state index contributed by atoms with van der Waals surface area (Å²) in [6.07, 6.45) is -3.87. The summed E-state index contributed by atoms with van der Waals surface area (Å²) in [7, 11) is 0. The maximum Gasteiger partial charge on any atom is 0.342 e. The predicted octanol–water partition coefficient (Wildman–Crippen LogP) is -0.403. The molecule has 2 aliphatic heterocycles. The number of ether oxygens (including phenoxy) is 4. The fourth-order valence-corrected chi connectivity index (χ4v) is 4.22. The van der Waals surface area contributed by atoms with Crippen molar-refractivity contribution < 1.29 is 53.4 Å². The van der Waals surface area contributed by atoms with Crippen molar-refractivity contribution in [2.24, 2.45) is 0 Å². The van der Waals surface area contributed by atoms with E-state index in [1.807, 2.05) is 27.7 Å². The molecule has 0 saturated carbocycles. The van der Waals surface area contributed by atoms with Crippen molar-refractivity contribution in [3.63, 3.8) is 0 Å². The molecule has 2 heterocycles. The number of rotatable bonds is 14. The van der Waals surface area contributed by atoms with Crippen LogP contribution >= 0.6 is 0 Å². The summed E-state index contributed by atoms with van der Waals surface area (Å²) >= 11 is 0. The van der Waals surface area contributed by atoms with Crippen LogP contribution in [-0.4, -0.2) is 101 Å². The van der Waals surface area contributed by atoms with E-state index in [1.54, 1.807) is 0 Å². The van der Waals surface area contributed by atoms with E-state index < -0.39 is 66.2 Å². The first-order valence-electron chi connectivity index (χ1n) is 13.0. The van der Waals surface area contributed by atoms with E-state index in [9.17, 15) is 34.5 Å². The van der Waals surface area contributed by atoms with Gasteiger partial charge >= 0.3 is 11.9 Å². The van der Waals surface area contributed by atoms with Crippen LogP contribution in [0.15, 0.2) is 11.1 Å². The van der Waals surface area contributed by atoms with E-state index >= 15 is 0 Å². The summed E-state index contributed by atoms with van der Waals surface area (Å²) < 4.78 is 21.9. The quantitative estimate of drug-likeness (QED) is 0.138. The molecule has 5 atom stereocenters. The molecule has 0 aromatic rings. The third-order valence-corrected chi connectivity index (χ3v) is 6.73. The number of esters is 2. The molecular formula is C26H42N2O11. The van der Waals surface area contributed by atoms with Gasteiger partial charge in [0, 0.05) is 36.6 Å². The number of carbonyl (C=O) groups is 4. The zero-order valence-corrected chi connectivity index (χ0v) is 23.4. The molecule has 2 aliphatic rings. The Hall–Kier alpha value is -2.42. The van der Waals surface area contributed by atoms with Crippen LogP contribution < -0.4 is 10.6 Å². The first-order chi connectivity index (χ1) is 18.1. The van der Waals surface area contributed by atoms with Gasteiger partial charge < -0.3 is 44.9 Å². The Morgan fingerprint density at radius 2 is 1.69 bits per heavy atom. The molecule has 0 radical (unpaired) electrons. The van der Waals surface area contributed by atoms with E-state index in [1.165, 1.54) is 13.8 Å². The lowest BCUT2D eigenvalue weighted by molar-refractivity contribution is -0.272. The molecule has 13 heteroatoms. The summed E-state index contributed by atoms with van der Waals surface area (Å²) in [5, 5.41) is 35.3. The molecule has 1 saturated heterocycles. The fraction of sp³-hybridized carbons (Fsp3) is 0.769. The van der Waals surface area contributed by atoms with Gasteiger partial charge in [-0.3, -0.25) is 9.59 Å². The lowest BCUT2D eigenvalue weighted by Gasteiger charge is -2.42. The van der Waals surface area contributed by atoms with Crippen LogP contribution in [0.1, 0.15) is 67.2 Å². The summed E-state index contributed by atoms with van der Waals surface area (Å²) in [4.78, 5) is 47.1. The molecular weight excluding hydrogens is 516 g/mol. The van der Waals surface area contributed by atoms with Crippen molar-refractivity contribution in [1.82, 2.24) is 10.6 Å². The largest absolute Gasteiger partial charge is 0.394 e. The number of hydrogen-bond acceptors (Lipinski definition) is 11. The van der Waals surface area contributed by atoms with Gasteiger partial charge in [-0.25, -0.2) is 9.59 Å². The molecule has 0 aliphatic carbocycles. The van der Waals surface area contributed by atoms with Crippen molar-refractivity contribution in [1.29, 1.82) is 0 Å². The molecule has 0 spiro atoms. The van der Waals surface area contributed by atoms with E-state index in [0.717, 1.165) is 0 Å². The highest BCUT2D eigenvalue weighted by molar-refractivity contribution is 6.12. The molecule has 0 aromatic heterocycles. The second-order valence-electron chi connectivity index (χ2n) is 11.1. The van der Waals surface area contributed by atoms with Crippen molar-refractivity contribution in [2.75, 3.05) is 19.8 Å². The van der Waals surface area contributed by atoms with Crippen molar-refractivity contribution >= 4 is 23.8 Å². The second kappa shape index (κ2) is 13.8. The zero-order valence-electron chi connectivity index (χ0n) is 23.4. The van der Waals surface area contributed by atoms with Gasteiger partial charge in [0.15, 0.2) is 6.29 Å². The molecule has 2 rings (SSSR count). The number of aliphatic hydroxyl groups is 3. The zero-order chi connectivity index (χ0) is 29.5. The number of hydrogen-bond donors (Lipinski definition) is 5. The summed E-state index contributed by atoms with van der Waals surface area (Å²) in [5.74, 6) is -2.08. The summed E-state index contributed by atoms with van der Waals surface area (Å²) in [6.45, 7) is 10.1. The molecule has 13 nitrogen and oxygen atoms in total. The normalized spacial score (nSPS) is 26.0. The third-order valence-electron chi connectivity index (χ3n) is 6.73. The van der Waals surface area contributed by atoms with Gasteiger partial charge in [-0.15, -0.1) is 0 Å². The molecule has 1 unspecified atom stereocenters. The van der Waals surface area contributed by atoms with E-state index in [-0.39, 0.29) is 36.5 Å². The molecule has 2 amide bonds. The predicted molar refractivity (Wildman–Crippen MR) is 136 cm³/mol. The van der Waals surface area contributed by atoms with Gasteiger partial charge in [0.05, 0.1) is 18.8 Å². The number of carbonyl (C=O) groups excluding carboxylic acids is 4. The van der Waals surface area contributed by atoms with Crippen LogP contribution in [0, 0.1) is 0 Å². The lowest BCUT2D eigenvalue weighted by Crippen LogP contribution is -2.64. The van der Waals surface area contributed by atoms with Gasteiger partial charge in [0.2, 0.25) is 11.8 Å². The van der Waals surface area contributed by atoms with Crippen LogP contribution in [-0.2, 0) is 38.1 Å². The highest BCUT2D eigenvalue weighted by Gasteiger charge is 2.45.